The van der Waals surface area contributed by atoms with Gasteiger partial charge >= 0.3 is 6.03 Å². The summed E-state index contributed by atoms with van der Waals surface area (Å²) in [5.41, 5.74) is 1.87. The first-order chi connectivity index (χ1) is 17.1. The number of fused-ring (bicyclic) bond motifs is 1. The summed E-state index contributed by atoms with van der Waals surface area (Å²) < 4.78 is 25.3. The van der Waals surface area contributed by atoms with Crippen molar-refractivity contribution in [1.82, 2.24) is 25.5 Å². The zero-order chi connectivity index (χ0) is 24.2. The maximum absolute atomic E-state index is 13.9. The van der Waals surface area contributed by atoms with E-state index in [1.807, 2.05) is 6.20 Å². The molecule has 1 aromatic carbocycles. The molecule has 10 nitrogen and oxygen atoms in total. The van der Waals surface area contributed by atoms with Gasteiger partial charge in [0.2, 0.25) is 5.95 Å². The van der Waals surface area contributed by atoms with Gasteiger partial charge in [-0.05, 0) is 37.0 Å². The van der Waals surface area contributed by atoms with Gasteiger partial charge in [-0.3, -0.25) is 0 Å². The van der Waals surface area contributed by atoms with Crippen molar-refractivity contribution in [2.75, 3.05) is 38.2 Å². The second-order valence-corrected chi connectivity index (χ2v) is 8.99. The number of nitrogens with zero attached hydrogens (tertiary/aromatic N) is 4. The van der Waals surface area contributed by atoms with E-state index in [0.29, 0.717) is 50.3 Å². The highest BCUT2D eigenvalue weighted by Gasteiger charge is 2.32. The minimum Gasteiger partial charge on any atom is -0.487 e. The lowest BCUT2D eigenvalue weighted by atomic mass is 10.1. The molecule has 3 N–H and O–H groups in total. The van der Waals surface area contributed by atoms with Gasteiger partial charge in [-0.15, -0.1) is 0 Å². The first kappa shape index (κ1) is 23.3. The van der Waals surface area contributed by atoms with Gasteiger partial charge in [-0.25, -0.2) is 19.2 Å². The van der Waals surface area contributed by atoms with Crippen molar-refractivity contribution >= 4 is 12.0 Å². The molecule has 2 aromatic rings. The fourth-order valence-corrected chi connectivity index (χ4v) is 4.58. The van der Waals surface area contributed by atoms with Gasteiger partial charge in [-0.2, -0.15) is 5.26 Å². The number of nitriles is 1. The summed E-state index contributed by atoms with van der Waals surface area (Å²) in [5, 5.41) is 18.5. The Kier molecular flexibility index (Phi) is 6.92. The standard InChI is InChI=1S/C24H28FN7O3/c25-19-9-18(2-1-15(19)10-26)35-22-13-27-12-20(22)31-24(33)32-6-3-16-11-28-23(30-21(16)14-32)29-17-4-7-34-8-5-17/h1-2,9,11,17,20,22,27H,3-8,12-14H2,(H,31,33)(H,28,29,30)/t20-,22-/m0/s1. The Hall–Kier alpha value is -3.49. The van der Waals surface area contributed by atoms with Crippen molar-refractivity contribution in [2.24, 2.45) is 0 Å². The van der Waals surface area contributed by atoms with Crippen molar-refractivity contribution in [3.63, 3.8) is 0 Å². The summed E-state index contributed by atoms with van der Waals surface area (Å²) in [6, 6.07) is 5.76. The molecule has 2 saturated heterocycles. The second kappa shape index (κ2) is 10.4. The predicted octanol–water partition coefficient (Wildman–Crippen LogP) is 1.57. The highest BCUT2D eigenvalue weighted by molar-refractivity contribution is 5.75. The molecule has 3 aliphatic heterocycles. The molecular weight excluding hydrogens is 453 g/mol. The number of carbonyl (C=O) groups excluding carboxylic acids is 1. The maximum atomic E-state index is 13.9. The van der Waals surface area contributed by atoms with Crippen LogP contribution in [0.2, 0.25) is 0 Å². The molecule has 5 rings (SSSR count). The molecule has 0 saturated carbocycles. The molecule has 0 spiro atoms. The number of carbonyl (C=O) groups is 1. The van der Waals surface area contributed by atoms with Crippen LogP contribution in [0.4, 0.5) is 15.1 Å². The maximum Gasteiger partial charge on any atom is 0.318 e. The van der Waals surface area contributed by atoms with Crippen LogP contribution in [0.3, 0.4) is 0 Å². The summed E-state index contributed by atoms with van der Waals surface area (Å²) in [5.74, 6) is 0.278. The lowest BCUT2D eigenvalue weighted by Gasteiger charge is -2.31. The van der Waals surface area contributed by atoms with Crippen molar-refractivity contribution in [3.05, 3.63) is 47.0 Å². The summed E-state index contributed by atoms with van der Waals surface area (Å²) in [6.45, 7) is 3.50. The van der Waals surface area contributed by atoms with E-state index in [4.69, 9.17) is 14.7 Å². The quantitative estimate of drug-likeness (QED) is 0.588. The molecule has 184 valence electrons. The van der Waals surface area contributed by atoms with Gasteiger partial charge in [0.25, 0.3) is 0 Å². The first-order valence-electron chi connectivity index (χ1n) is 11.9. The summed E-state index contributed by atoms with van der Waals surface area (Å²) in [4.78, 5) is 23.9. The van der Waals surface area contributed by atoms with E-state index in [1.54, 1.807) is 17.0 Å². The Labute approximate surface area is 202 Å². The van der Waals surface area contributed by atoms with E-state index in [1.165, 1.54) is 12.1 Å². The van der Waals surface area contributed by atoms with E-state index in [0.717, 1.165) is 37.3 Å². The second-order valence-electron chi connectivity index (χ2n) is 8.99. The number of hydrogen-bond donors (Lipinski definition) is 3. The average Bonchev–Trinajstić information content (AvgIpc) is 3.30. The molecule has 3 aliphatic rings. The van der Waals surface area contributed by atoms with Gasteiger partial charge in [0, 0.05) is 51.2 Å². The summed E-state index contributed by atoms with van der Waals surface area (Å²) in [6.07, 6.45) is 4.01. The zero-order valence-electron chi connectivity index (χ0n) is 19.3. The molecule has 0 unspecified atom stereocenters. The number of aromatic nitrogens is 2. The molecule has 2 fully saturated rings. The van der Waals surface area contributed by atoms with Crippen LogP contribution >= 0.6 is 0 Å². The molecule has 2 atom stereocenters. The molecule has 0 aliphatic carbocycles. The number of rotatable bonds is 5. The van der Waals surface area contributed by atoms with Gasteiger partial charge in [0.05, 0.1) is 23.8 Å². The van der Waals surface area contributed by atoms with E-state index >= 15 is 0 Å². The monoisotopic (exact) mass is 481 g/mol. The molecule has 11 heteroatoms. The molecule has 2 amide bonds. The van der Waals surface area contributed by atoms with Crippen LogP contribution in [0.15, 0.2) is 24.4 Å². The highest BCUT2D eigenvalue weighted by atomic mass is 19.1. The van der Waals surface area contributed by atoms with Gasteiger partial charge in [0.15, 0.2) is 0 Å². The summed E-state index contributed by atoms with van der Waals surface area (Å²) >= 11 is 0. The summed E-state index contributed by atoms with van der Waals surface area (Å²) in [7, 11) is 0. The number of hydrogen-bond acceptors (Lipinski definition) is 8. The fourth-order valence-electron chi connectivity index (χ4n) is 4.58. The molecular formula is C24H28FN7O3. The van der Waals surface area contributed by atoms with E-state index in [-0.39, 0.29) is 23.7 Å². The Bertz CT molecular complexity index is 1120. The van der Waals surface area contributed by atoms with Gasteiger partial charge in [-0.1, -0.05) is 0 Å². The van der Waals surface area contributed by atoms with Crippen molar-refractivity contribution < 1.29 is 18.7 Å². The normalized spacial score (nSPS) is 22.2. The fraction of sp³-hybridized carbons (Fsp3) is 0.500. The van der Waals surface area contributed by atoms with Crippen LogP contribution in [0.1, 0.15) is 29.7 Å². The Morgan fingerprint density at radius 2 is 2.17 bits per heavy atom. The van der Waals surface area contributed by atoms with Crippen LogP contribution in [0.5, 0.6) is 5.75 Å². The number of halogens is 1. The number of anilines is 1. The minimum absolute atomic E-state index is 0.0351. The highest BCUT2D eigenvalue weighted by Crippen LogP contribution is 2.21. The van der Waals surface area contributed by atoms with Crippen molar-refractivity contribution in [2.45, 2.75) is 44.0 Å². The van der Waals surface area contributed by atoms with Crippen LogP contribution in [-0.4, -0.2) is 71.9 Å². The van der Waals surface area contributed by atoms with E-state index in [2.05, 4.69) is 25.9 Å². The van der Waals surface area contributed by atoms with Crippen LogP contribution < -0.4 is 20.7 Å². The molecule has 4 heterocycles. The number of nitrogens with one attached hydrogen (secondary N) is 3. The lowest BCUT2D eigenvalue weighted by molar-refractivity contribution is 0.0903. The SMILES string of the molecule is N#Cc1ccc(O[C@H]2CNC[C@@H]2NC(=O)N2CCc3cnc(NC4CCOCC4)nc3C2)cc1F. The Balaban J connectivity index is 1.19. The van der Waals surface area contributed by atoms with E-state index < -0.39 is 5.82 Å². The smallest absolute Gasteiger partial charge is 0.318 e. The molecule has 35 heavy (non-hydrogen) atoms. The van der Waals surface area contributed by atoms with Crippen LogP contribution in [0.25, 0.3) is 0 Å². The number of amides is 2. The largest absolute Gasteiger partial charge is 0.487 e. The van der Waals surface area contributed by atoms with Gasteiger partial charge < -0.3 is 30.3 Å². The number of benzene rings is 1. The number of urea groups is 1. The average molecular weight is 482 g/mol. The topological polar surface area (TPSA) is 124 Å². The van der Waals surface area contributed by atoms with E-state index in [9.17, 15) is 9.18 Å². The third-order valence-corrected chi connectivity index (χ3v) is 6.60. The van der Waals surface area contributed by atoms with Crippen molar-refractivity contribution in [3.8, 4) is 11.8 Å². The van der Waals surface area contributed by atoms with Crippen LogP contribution in [-0.2, 0) is 17.7 Å². The molecule has 0 radical (unpaired) electrons. The molecule has 1 aromatic heterocycles. The Morgan fingerprint density at radius 1 is 1.31 bits per heavy atom. The zero-order valence-corrected chi connectivity index (χ0v) is 19.3. The van der Waals surface area contributed by atoms with Gasteiger partial charge in [0.1, 0.15) is 23.7 Å². The van der Waals surface area contributed by atoms with Crippen LogP contribution in [0, 0.1) is 17.1 Å². The first-order valence-corrected chi connectivity index (χ1v) is 11.9. The number of ether oxygens (including phenoxy) is 2. The Morgan fingerprint density at radius 3 is 2.97 bits per heavy atom. The lowest BCUT2D eigenvalue weighted by Crippen LogP contribution is -2.51. The minimum atomic E-state index is -0.629. The predicted molar refractivity (Wildman–Crippen MR) is 124 cm³/mol. The van der Waals surface area contributed by atoms with Crippen molar-refractivity contribution in [1.29, 1.82) is 5.26 Å². The molecule has 0 bridgehead atoms. The third kappa shape index (κ3) is 5.44. The third-order valence-electron chi connectivity index (χ3n) is 6.60.